The van der Waals surface area contributed by atoms with Gasteiger partial charge in [0.25, 0.3) is 0 Å². The maximum atomic E-state index is 12.2. The number of amides is 1. The quantitative estimate of drug-likeness (QED) is 0.506. The molecule has 0 aliphatic carbocycles. The van der Waals surface area contributed by atoms with Crippen LogP contribution in [0, 0.1) is 6.92 Å². The van der Waals surface area contributed by atoms with Gasteiger partial charge in [-0.05, 0) is 36.2 Å². The Balaban J connectivity index is 1.39. The van der Waals surface area contributed by atoms with Crippen LogP contribution in [0.4, 0.5) is 11.6 Å². The van der Waals surface area contributed by atoms with Crippen molar-refractivity contribution in [3.8, 4) is 0 Å². The van der Waals surface area contributed by atoms with E-state index in [0.717, 1.165) is 11.4 Å². The third-order valence-electron chi connectivity index (χ3n) is 4.40. The van der Waals surface area contributed by atoms with E-state index in [1.807, 2.05) is 43.3 Å². The Bertz CT molecular complexity index is 1110. The van der Waals surface area contributed by atoms with Crippen LogP contribution in [0.15, 0.2) is 60.8 Å². The molecule has 3 heterocycles. The highest BCUT2D eigenvalue weighted by Gasteiger charge is 2.11. The smallest absolute Gasteiger partial charge is 0.225 e. The van der Waals surface area contributed by atoms with Crippen LogP contribution in [0.5, 0.6) is 0 Å². The van der Waals surface area contributed by atoms with E-state index in [0.29, 0.717) is 30.3 Å². The molecule has 1 aromatic carbocycles. The summed E-state index contributed by atoms with van der Waals surface area (Å²) in [5.74, 6) is 1.76. The van der Waals surface area contributed by atoms with Gasteiger partial charge in [0.2, 0.25) is 5.91 Å². The summed E-state index contributed by atoms with van der Waals surface area (Å²) in [4.78, 5) is 16.4. The molecule has 0 fully saturated rings. The van der Waals surface area contributed by atoms with Crippen molar-refractivity contribution >= 4 is 23.2 Å². The summed E-state index contributed by atoms with van der Waals surface area (Å²) in [6.07, 6.45) is 2.41. The molecule has 4 aromatic rings. The zero-order chi connectivity index (χ0) is 20.1. The van der Waals surface area contributed by atoms with Gasteiger partial charge in [-0.15, -0.1) is 15.3 Å². The maximum Gasteiger partial charge on any atom is 0.225 e. The lowest BCUT2D eigenvalue weighted by molar-refractivity contribution is -0.116. The number of nitrogens with one attached hydrogen (secondary N) is 2. The van der Waals surface area contributed by atoms with Crippen LogP contribution in [0.3, 0.4) is 0 Å². The summed E-state index contributed by atoms with van der Waals surface area (Å²) in [7, 11) is 0. The Morgan fingerprint density at radius 1 is 1.00 bits per heavy atom. The van der Waals surface area contributed by atoms with Crippen molar-refractivity contribution in [1.29, 1.82) is 0 Å². The van der Waals surface area contributed by atoms with Crippen molar-refractivity contribution in [2.75, 3.05) is 10.6 Å². The molecule has 1 amide bonds. The van der Waals surface area contributed by atoms with Gasteiger partial charge in [-0.25, -0.2) is 4.98 Å². The van der Waals surface area contributed by atoms with E-state index >= 15 is 0 Å². The number of carbonyl (C=O) groups is 1. The van der Waals surface area contributed by atoms with E-state index in [2.05, 4.69) is 43.0 Å². The monoisotopic (exact) mass is 387 g/mol. The fraction of sp³-hybridized carbons (Fsp3) is 0.190. The Morgan fingerprint density at radius 2 is 1.83 bits per heavy atom. The van der Waals surface area contributed by atoms with Crippen molar-refractivity contribution in [3.63, 3.8) is 0 Å². The summed E-state index contributed by atoms with van der Waals surface area (Å²) < 4.78 is 1.67. The minimum Gasteiger partial charge on any atom is -0.365 e. The zero-order valence-corrected chi connectivity index (χ0v) is 16.0. The zero-order valence-electron chi connectivity index (χ0n) is 16.0. The number of carbonyl (C=O) groups excluding carboxylic acids is 1. The van der Waals surface area contributed by atoms with Gasteiger partial charge in [-0.3, -0.25) is 4.79 Å². The third-order valence-corrected chi connectivity index (χ3v) is 4.40. The fourth-order valence-electron chi connectivity index (χ4n) is 2.84. The predicted octanol–water partition coefficient (Wildman–Crippen LogP) is 3.01. The van der Waals surface area contributed by atoms with Crippen molar-refractivity contribution in [2.24, 2.45) is 0 Å². The summed E-state index contributed by atoms with van der Waals surface area (Å²) >= 11 is 0. The molecule has 0 saturated carbocycles. The van der Waals surface area contributed by atoms with Crippen LogP contribution in [-0.4, -0.2) is 30.7 Å². The number of hydrogen-bond acceptors (Lipinski definition) is 6. The molecule has 8 heteroatoms. The summed E-state index contributed by atoms with van der Waals surface area (Å²) in [6.45, 7) is 2.62. The van der Waals surface area contributed by atoms with Gasteiger partial charge in [0, 0.05) is 25.6 Å². The fourth-order valence-corrected chi connectivity index (χ4v) is 2.84. The van der Waals surface area contributed by atoms with Gasteiger partial charge in [0.1, 0.15) is 11.6 Å². The highest BCUT2D eigenvalue weighted by atomic mass is 16.1. The lowest BCUT2D eigenvalue weighted by atomic mass is 10.2. The highest BCUT2D eigenvalue weighted by Crippen LogP contribution is 2.11. The van der Waals surface area contributed by atoms with E-state index in [-0.39, 0.29) is 12.3 Å². The van der Waals surface area contributed by atoms with Crippen molar-refractivity contribution in [1.82, 2.24) is 24.8 Å². The van der Waals surface area contributed by atoms with E-state index in [4.69, 9.17) is 0 Å². The maximum absolute atomic E-state index is 12.2. The van der Waals surface area contributed by atoms with E-state index in [1.165, 1.54) is 5.56 Å². The molecular weight excluding hydrogens is 366 g/mol. The second-order valence-electron chi connectivity index (χ2n) is 6.71. The van der Waals surface area contributed by atoms with Crippen molar-refractivity contribution in [3.05, 3.63) is 77.7 Å². The Kier molecular flexibility index (Phi) is 5.42. The lowest BCUT2D eigenvalue weighted by Gasteiger charge is -2.07. The van der Waals surface area contributed by atoms with Gasteiger partial charge in [0.05, 0.1) is 0 Å². The molecule has 0 spiro atoms. The first-order valence-corrected chi connectivity index (χ1v) is 9.39. The molecule has 29 heavy (non-hydrogen) atoms. The number of hydrogen-bond donors (Lipinski definition) is 2. The molecule has 0 bridgehead atoms. The van der Waals surface area contributed by atoms with Crippen LogP contribution in [0.25, 0.3) is 5.65 Å². The van der Waals surface area contributed by atoms with E-state index < -0.39 is 0 Å². The average molecular weight is 387 g/mol. The molecule has 4 rings (SSSR count). The minimum atomic E-state index is -0.128. The molecule has 8 nitrogen and oxygen atoms in total. The molecule has 0 aliphatic heterocycles. The van der Waals surface area contributed by atoms with Crippen LogP contribution in [0.2, 0.25) is 0 Å². The molecule has 2 N–H and O–H groups in total. The number of anilines is 2. The molecular formula is C21H21N7O. The lowest BCUT2D eigenvalue weighted by Crippen LogP contribution is -2.14. The average Bonchev–Trinajstić information content (AvgIpc) is 3.15. The second kappa shape index (κ2) is 8.47. The normalized spacial score (nSPS) is 10.8. The minimum absolute atomic E-state index is 0.128. The van der Waals surface area contributed by atoms with Crippen molar-refractivity contribution < 1.29 is 4.79 Å². The molecule has 146 valence electrons. The Morgan fingerprint density at radius 3 is 2.62 bits per heavy atom. The number of rotatable bonds is 7. The SMILES string of the molecule is Cc1ccc(NC(=O)CCc2nnc3ccc(NCc4ccccc4)nn23)nc1. The van der Waals surface area contributed by atoms with Crippen LogP contribution < -0.4 is 10.6 Å². The van der Waals surface area contributed by atoms with Crippen LogP contribution in [-0.2, 0) is 17.8 Å². The van der Waals surface area contributed by atoms with Gasteiger partial charge in [-0.2, -0.15) is 4.52 Å². The third kappa shape index (κ3) is 4.73. The molecule has 3 aromatic heterocycles. The van der Waals surface area contributed by atoms with E-state index in [1.54, 1.807) is 16.8 Å². The van der Waals surface area contributed by atoms with Crippen LogP contribution >= 0.6 is 0 Å². The molecule has 0 atom stereocenters. The molecule has 0 aliphatic rings. The Hall–Kier alpha value is -3.81. The second-order valence-corrected chi connectivity index (χ2v) is 6.71. The number of aryl methyl sites for hydroxylation is 2. The largest absolute Gasteiger partial charge is 0.365 e. The number of pyridine rings is 1. The standard InChI is InChI=1S/C21H21N7O/c1-15-7-8-17(22-13-15)24-21(29)12-11-20-26-25-19-10-9-18(27-28(19)20)23-14-16-5-3-2-4-6-16/h2-10,13H,11-12,14H2,1H3,(H,23,27)(H,22,24,29). The Labute approximate surface area is 168 Å². The number of aromatic nitrogens is 5. The molecule has 0 unspecified atom stereocenters. The van der Waals surface area contributed by atoms with Gasteiger partial charge < -0.3 is 10.6 Å². The molecule has 0 radical (unpaired) electrons. The first kappa shape index (κ1) is 18.5. The first-order valence-electron chi connectivity index (χ1n) is 9.39. The summed E-state index contributed by atoms with van der Waals surface area (Å²) in [5, 5.41) is 18.9. The van der Waals surface area contributed by atoms with Crippen molar-refractivity contribution in [2.45, 2.75) is 26.3 Å². The topological polar surface area (TPSA) is 97.1 Å². The van der Waals surface area contributed by atoms with Crippen LogP contribution in [0.1, 0.15) is 23.4 Å². The molecule has 0 saturated heterocycles. The number of fused-ring (bicyclic) bond motifs is 1. The van der Waals surface area contributed by atoms with Gasteiger partial charge in [0.15, 0.2) is 11.5 Å². The predicted molar refractivity (Wildman–Crippen MR) is 110 cm³/mol. The van der Waals surface area contributed by atoms with E-state index in [9.17, 15) is 4.79 Å². The first-order chi connectivity index (χ1) is 14.2. The summed E-state index contributed by atoms with van der Waals surface area (Å²) in [6, 6.07) is 17.5. The van der Waals surface area contributed by atoms with Gasteiger partial charge >= 0.3 is 0 Å². The highest BCUT2D eigenvalue weighted by molar-refractivity contribution is 5.89. The number of benzene rings is 1. The van der Waals surface area contributed by atoms with Gasteiger partial charge in [-0.1, -0.05) is 36.4 Å². The summed E-state index contributed by atoms with van der Waals surface area (Å²) in [5.41, 5.74) is 2.85. The number of nitrogens with zero attached hydrogens (tertiary/aromatic N) is 5.